The summed E-state index contributed by atoms with van der Waals surface area (Å²) in [6, 6.07) is 10.1. The van der Waals surface area contributed by atoms with Crippen molar-refractivity contribution in [2.75, 3.05) is 6.54 Å². The third kappa shape index (κ3) is 3.57. The number of rotatable bonds is 5. The highest BCUT2D eigenvalue weighted by molar-refractivity contribution is 5.84. The molecule has 2 atom stereocenters. The average molecular weight is 260 g/mol. The largest absolute Gasteiger partial charge is 0.353 e. The van der Waals surface area contributed by atoms with Crippen molar-refractivity contribution in [3.05, 3.63) is 35.9 Å². The van der Waals surface area contributed by atoms with Crippen LogP contribution in [-0.4, -0.2) is 18.5 Å². The molecule has 1 aromatic rings. The molecular formula is C16H24N2O. The van der Waals surface area contributed by atoms with E-state index in [0.29, 0.717) is 12.5 Å². The SMILES string of the molecule is CC(NC(=O)C(CN)c1ccccc1)C1CCCC1. The van der Waals surface area contributed by atoms with E-state index in [9.17, 15) is 4.79 Å². The van der Waals surface area contributed by atoms with Gasteiger partial charge < -0.3 is 11.1 Å². The zero-order valence-electron chi connectivity index (χ0n) is 11.6. The third-order valence-corrected chi connectivity index (χ3v) is 4.23. The molecule has 2 unspecified atom stereocenters. The molecule has 1 fully saturated rings. The molecule has 104 valence electrons. The molecule has 0 saturated heterocycles. The molecule has 1 saturated carbocycles. The van der Waals surface area contributed by atoms with E-state index in [0.717, 1.165) is 5.56 Å². The summed E-state index contributed by atoms with van der Waals surface area (Å²) < 4.78 is 0. The lowest BCUT2D eigenvalue weighted by molar-refractivity contribution is -0.123. The second kappa shape index (κ2) is 6.71. The molecule has 1 aliphatic carbocycles. The quantitative estimate of drug-likeness (QED) is 0.854. The van der Waals surface area contributed by atoms with Crippen molar-refractivity contribution in [1.29, 1.82) is 0 Å². The molecule has 1 amide bonds. The van der Waals surface area contributed by atoms with Crippen LogP contribution < -0.4 is 11.1 Å². The van der Waals surface area contributed by atoms with Gasteiger partial charge in [-0.25, -0.2) is 0 Å². The maximum absolute atomic E-state index is 12.4. The Morgan fingerprint density at radius 2 is 1.95 bits per heavy atom. The highest BCUT2D eigenvalue weighted by atomic mass is 16.1. The monoisotopic (exact) mass is 260 g/mol. The zero-order valence-corrected chi connectivity index (χ0v) is 11.6. The lowest BCUT2D eigenvalue weighted by Crippen LogP contribution is -2.41. The minimum absolute atomic E-state index is 0.0631. The van der Waals surface area contributed by atoms with Crippen LogP contribution in [0.15, 0.2) is 30.3 Å². The fourth-order valence-corrected chi connectivity index (χ4v) is 2.98. The Labute approximate surface area is 115 Å². The molecule has 0 aliphatic heterocycles. The lowest BCUT2D eigenvalue weighted by Gasteiger charge is -2.23. The van der Waals surface area contributed by atoms with E-state index in [1.165, 1.54) is 25.7 Å². The molecule has 0 bridgehead atoms. The van der Waals surface area contributed by atoms with E-state index in [1.54, 1.807) is 0 Å². The number of amides is 1. The zero-order chi connectivity index (χ0) is 13.7. The van der Waals surface area contributed by atoms with Gasteiger partial charge in [0.25, 0.3) is 0 Å². The molecular weight excluding hydrogens is 236 g/mol. The Hall–Kier alpha value is -1.35. The molecule has 3 nitrogen and oxygen atoms in total. The molecule has 3 N–H and O–H groups in total. The third-order valence-electron chi connectivity index (χ3n) is 4.23. The summed E-state index contributed by atoms with van der Waals surface area (Å²) >= 11 is 0. The minimum Gasteiger partial charge on any atom is -0.353 e. The van der Waals surface area contributed by atoms with Crippen molar-refractivity contribution in [1.82, 2.24) is 5.32 Å². The number of hydrogen-bond donors (Lipinski definition) is 2. The van der Waals surface area contributed by atoms with Gasteiger partial charge in [-0.3, -0.25) is 4.79 Å². The van der Waals surface area contributed by atoms with Crippen molar-refractivity contribution in [3.8, 4) is 0 Å². The molecule has 1 aliphatic rings. The average Bonchev–Trinajstić information content (AvgIpc) is 2.94. The molecule has 0 heterocycles. The number of carbonyl (C=O) groups is 1. The normalized spacial score (nSPS) is 19.1. The summed E-state index contributed by atoms with van der Waals surface area (Å²) in [6.45, 7) is 2.47. The second-order valence-corrected chi connectivity index (χ2v) is 5.54. The minimum atomic E-state index is -0.231. The van der Waals surface area contributed by atoms with E-state index in [-0.39, 0.29) is 17.9 Å². The van der Waals surface area contributed by atoms with Gasteiger partial charge in [0.1, 0.15) is 0 Å². The van der Waals surface area contributed by atoms with Crippen molar-refractivity contribution in [2.24, 2.45) is 11.7 Å². The lowest BCUT2D eigenvalue weighted by atomic mass is 9.95. The van der Waals surface area contributed by atoms with E-state index in [4.69, 9.17) is 5.73 Å². The molecule has 0 radical (unpaired) electrons. The van der Waals surface area contributed by atoms with E-state index in [2.05, 4.69) is 12.2 Å². The number of nitrogens with two attached hydrogens (primary N) is 1. The summed E-state index contributed by atoms with van der Waals surface area (Å²) in [4.78, 5) is 12.4. The number of carbonyl (C=O) groups excluding carboxylic acids is 1. The fraction of sp³-hybridized carbons (Fsp3) is 0.562. The predicted octanol–water partition coefficient (Wildman–Crippen LogP) is 2.42. The van der Waals surface area contributed by atoms with Crippen LogP contribution in [0.2, 0.25) is 0 Å². The van der Waals surface area contributed by atoms with Gasteiger partial charge in [-0.1, -0.05) is 43.2 Å². The first kappa shape index (κ1) is 14.1. The van der Waals surface area contributed by atoms with Crippen molar-refractivity contribution in [3.63, 3.8) is 0 Å². The van der Waals surface area contributed by atoms with Crippen LogP contribution in [0, 0.1) is 5.92 Å². The van der Waals surface area contributed by atoms with Crippen molar-refractivity contribution < 1.29 is 4.79 Å². The molecule has 0 spiro atoms. The summed E-state index contributed by atoms with van der Waals surface area (Å²) in [5.41, 5.74) is 6.78. The van der Waals surface area contributed by atoms with E-state index < -0.39 is 0 Å². The predicted molar refractivity (Wildman–Crippen MR) is 77.8 cm³/mol. The summed E-state index contributed by atoms with van der Waals surface area (Å²) in [7, 11) is 0. The smallest absolute Gasteiger partial charge is 0.229 e. The molecule has 2 rings (SSSR count). The van der Waals surface area contributed by atoms with Gasteiger partial charge >= 0.3 is 0 Å². The second-order valence-electron chi connectivity index (χ2n) is 5.54. The first-order chi connectivity index (χ1) is 9.22. The van der Waals surface area contributed by atoms with Crippen LogP contribution in [0.4, 0.5) is 0 Å². The number of nitrogens with one attached hydrogen (secondary N) is 1. The molecule has 0 aromatic heterocycles. The van der Waals surface area contributed by atoms with Crippen molar-refractivity contribution >= 4 is 5.91 Å². The van der Waals surface area contributed by atoms with Crippen LogP contribution in [-0.2, 0) is 4.79 Å². The first-order valence-corrected chi connectivity index (χ1v) is 7.27. The maximum Gasteiger partial charge on any atom is 0.229 e. The van der Waals surface area contributed by atoms with Gasteiger partial charge in [0.05, 0.1) is 5.92 Å². The first-order valence-electron chi connectivity index (χ1n) is 7.27. The Balaban J connectivity index is 1.97. The highest BCUT2D eigenvalue weighted by Gasteiger charge is 2.26. The Kier molecular flexibility index (Phi) is 4.97. The Bertz CT molecular complexity index is 398. The van der Waals surface area contributed by atoms with Crippen LogP contribution in [0.25, 0.3) is 0 Å². The van der Waals surface area contributed by atoms with Gasteiger partial charge in [-0.2, -0.15) is 0 Å². The topological polar surface area (TPSA) is 55.1 Å². The summed E-state index contributed by atoms with van der Waals surface area (Å²) in [6.07, 6.45) is 5.06. The van der Waals surface area contributed by atoms with Gasteiger partial charge in [-0.15, -0.1) is 0 Å². The fourth-order valence-electron chi connectivity index (χ4n) is 2.98. The van der Waals surface area contributed by atoms with Crippen LogP contribution in [0.3, 0.4) is 0 Å². The summed E-state index contributed by atoms with van der Waals surface area (Å²) in [5.74, 6) is 0.469. The molecule has 19 heavy (non-hydrogen) atoms. The van der Waals surface area contributed by atoms with Gasteiger partial charge in [0, 0.05) is 12.6 Å². The van der Waals surface area contributed by atoms with Crippen LogP contribution in [0.1, 0.15) is 44.1 Å². The number of benzene rings is 1. The van der Waals surface area contributed by atoms with Gasteiger partial charge in [0.2, 0.25) is 5.91 Å². The van der Waals surface area contributed by atoms with Crippen molar-refractivity contribution in [2.45, 2.75) is 44.6 Å². The highest BCUT2D eigenvalue weighted by Crippen LogP contribution is 2.28. The van der Waals surface area contributed by atoms with Crippen LogP contribution in [0.5, 0.6) is 0 Å². The maximum atomic E-state index is 12.4. The van der Waals surface area contributed by atoms with Gasteiger partial charge in [0.15, 0.2) is 0 Å². The molecule has 3 heteroatoms. The Morgan fingerprint density at radius 3 is 2.53 bits per heavy atom. The van der Waals surface area contributed by atoms with E-state index >= 15 is 0 Å². The number of hydrogen-bond acceptors (Lipinski definition) is 2. The molecule has 1 aromatic carbocycles. The summed E-state index contributed by atoms with van der Waals surface area (Å²) in [5, 5.41) is 3.15. The van der Waals surface area contributed by atoms with E-state index in [1.807, 2.05) is 30.3 Å². The standard InChI is InChI=1S/C16H24N2O/c1-12(13-7-5-6-8-13)18-16(19)15(11-17)14-9-3-2-4-10-14/h2-4,9-10,12-13,15H,5-8,11,17H2,1H3,(H,18,19). The Morgan fingerprint density at radius 1 is 1.32 bits per heavy atom. The van der Waals surface area contributed by atoms with Crippen LogP contribution >= 0.6 is 0 Å². The van der Waals surface area contributed by atoms with Gasteiger partial charge in [-0.05, 0) is 31.2 Å².